The quantitative estimate of drug-likeness (QED) is 0.781. The summed E-state index contributed by atoms with van der Waals surface area (Å²) in [5.41, 5.74) is 2.29. The van der Waals surface area contributed by atoms with E-state index in [2.05, 4.69) is 36.5 Å². The van der Waals surface area contributed by atoms with Crippen LogP contribution in [0.5, 0.6) is 0 Å². The van der Waals surface area contributed by atoms with E-state index in [0.717, 1.165) is 24.8 Å². The maximum absolute atomic E-state index is 12.6. The average Bonchev–Trinajstić information content (AvgIpc) is 2.68. The second-order valence-electron chi connectivity index (χ2n) is 6.89. The number of nitrogens with one attached hydrogen (secondary N) is 1. The molecule has 1 fully saturated rings. The summed E-state index contributed by atoms with van der Waals surface area (Å²) in [6, 6.07) is 20.7. The Labute approximate surface area is 150 Å². The van der Waals surface area contributed by atoms with Crippen LogP contribution in [0.2, 0.25) is 0 Å². The van der Waals surface area contributed by atoms with Gasteiger partial charge in [0, 0.05) is 12.1 Å². The monoisotopic (exact) mass is 337 g/mol. The van der Waals surface area contributed by atoms with E-state index in [1.807, 2.05) is 36.4 Å². The Bertz CT molecular complexity index is 656. The fraction of sp³-hybridized carbons (Fsp3) is 0.409. The zero-order valence-electron chi connectivity index (χ0n) is 14.9. The van der Waals surface area contributed by atoms with Crippen molar-refractivity contribution < 1.29 is 9.53 Å². The van der Waals surface area contributed by atoms with E-state index in [1.165, 1.54) is 12.0 Å². The molecule has 0 amide bonds. The van der Waals surface area contributed by atoms with Gasteiger partial charge >= 0.3 is 5.97 Å². The molecule has 1 N–H and O–H groups in total. The number of hydrogen-bond acceptors (Lipinski definition) is 3. The van der Waals surface area contributed by atoms with Gasteiger partial charge in [-0.05, 0) is 30.9 Å². The van der Waals surface area contributed by atoms with E-state index in [1.54, 1.807) is 0 Å². The molecular formula is C22H27NO2. The topological polar surface area (TPSA) is 38.3 Å². The van der Waals surface area contributed by atoms with Crippen LogP contribution in [0.1, 0.15) is 49.8 Å². The first-order valence-electron chi connectivity index (χ1n) is 9.25. The van der Waals surface area contributed by atoms with Crippen LogP contribution >= 0.6 is 0 Å². The van der Waals surface area contributed by atoms with E-state index in [4.69, 9.17) is 4.74 Å². The summed E-state index contributed by atoms with van der Waals surface area (Å²) in [5.74, 6) is -0.120. The van der Waals surface area contributed by atoms with Crippen molar-refractivity contribution in [2.75, 3.05) is 0 Å². The van der Waals surface area contributed by atoms with Gasteiger partial charge in [-0.15, -0.1) is 0 Å². The summed E-state index contributed by atoms with van der Waals surface area (Å²) >= 11 is 0. The highest BCUT2D eigenvalue weighted by Gasteiger charge is 2.32. The molecule has 3 rings (SSSR count). The van der Waals surface area contributed by atoms with Gasteiger partial charge in [-0.3, -0.25) is 4.79 Å². The van der Waals surface area contributed by atoms with Crippen molar-refractivity contribution in [3.8, 4) is 0 Å². The Morgan fingerprint density at radius 2 is 1.68 bits per heavy atom. The number of benzene rings is 2. The number of ether oxygens (including phenoxy) is 1. The van der Waals surface area contributed by atoms with Crippen molar-refractivity contribution in [1.82, 2.24) is 5.32 Å². The van der Waals surface area contributed by atoms with Crippen LogP contribution in [0, 0.1) is 5.92 Å². The highest BCUT2D eigenvalue weighted by molar-refractivity contribution is 5.73. The zero-order valence-corrected chi connectivity index (χ0v) is 14.9. The van der Waals surface area contributed by atoms with Gasteiger partial charge in [-0.1, -0.05) is 73.5 Å². The van der Waals surface area contributed by atoms with Crippen LogP contribution in [0.15, 0.2) is 60.7 Å². The maximum atomic E-state index is 12.6. The Morgan fingerprint density at radius 3 is 2.40 bits per heavy atom. The highest BCUT2D eigenvalue weighted by Crippen LogP contribution is 2.28. The molecule has 2 aromatic carbocycles. The summed E-state index contributed by atoms with van der Waals surface area (Å²) in [6.45, 7) is 2.52. The molecule has 3 atom stereocenters. The standard InChI is InChI=1S/C22H27NO2/c1-17(19-12-6-3-7-13-19)23-21-15-9-8-14-20(21)22(24)25-16-18-10-4-2-5-11-18/h2-7,10-13,17,20-21,23H,8-9,14-16H2,1H3/t17-,20+,21-/m1/s1. The summed E-state index contributed by atoms with van der Waals surface area (Å²) < 4.78 is 5.61. The van der Waals surface area contributed by atoms with Crippen molar-refractivity contribution in [3.05, 3.63) is 71.8 Å². The molecule has 3 nitrogen and oxygen atoms in total. The second-order valence-corrected chi connectivity index (χ2v) is 6.89. The molecule has 0 bridgehead atoms. The SMILES string of the molecule is C[C@@H](N[C@@H]1CCCC[C@@H]1C(=O)OCc1ccccc1)c1ccccc1. The van der Waals surface area contributed by atoms with E-state index in [-0.39, 0.29) is 24.0 Å². The van der Waals surface area contributed by atoms with Crippen LogP contribution in [-0.2, 0) is 16.1 Å². The van der Waals surface area contributed by atoms with E-state index in [0.29, 0.717) is 6.61 Å². The molecule has 0 heterocycles. The predicted octanol–water partition coefficient (Wildman–Crippen LogP) is 4.64. The molecule has 2 aromatic rings. The minimum absolute atomic E-state index is 0.0522. The summed E-state index contributed by atoms with van der Waals surface area (Å²) in [5, 5.41) is 3.66. The third-order valence-corrected chi connectivity index (χ3v) is 5.06. The summed E-state index contributed by atoms with van der Waals surface area (Å²) in [7, 11) is 0. The van der Waals surface area contributed by atoms with Gasteiger partial charge in [0.2, 0.25) is 0 Å². The number of carbonyl (C=O) groups excluding carboxylic acids is 1. The molecule has 1 saturated carbocycles. The Morgan fingerprint density at radius 1 is 1.04 bits per heavy atom. The smallest absolute Gasteiger partial charge is 0.310 e. The van der Waals surface area contributed by atoms with Gasteiger partial charge in [-0.25, -0.2) is 0 Å². The lowest BCUT2D eigenvalue weighted by Gasteiger charge is -2.33. The van der Waals surface area contributed by atoms with Gasteiger partial charge in [0.25, 0.3) is 0 Å². The lowest BCUT2D eigenvalue weighted by molar-refractivity contribution is -0.152. The summed E-state index contributed by atoms with van der Waals surface area (Å²) in [6.07, 6.45) is 4.21. The van der Waals surface area contributed by atoms with Crippen molar-refractivity contribution in [1.29, 1.82) is 0 Å². The van der Waals surface area contributed by atoms with E-state index in [9.17, 15) is 4.79 Å². The van der Waals surface area contributed by atoms with Gasteiger partial charge in [-0.2, -0.15) is 0 Å². The third-order valence-electron chi connectivity index (χ3n) is 5.06. The normalized spacial score (nSPS) is 21.5. The zero-order chi connectivity index (χ0) is 17.5. The van der Waals surface area contributed by atoms with Crippen LogP contribution < -0.4 is 5.32 Å². The molecule has 1 aliphatic carbocycles. The van der Waals surface area contributed by atoms with Gasteiger partial charge in [0.15, 0.2) is 0 Å². The second kappa shape index (κ2) is 8.82. The Hall–Kier alpha value is -2.13. The minimum atomic E-state index is -0.0682. The van der Waals surface area contributed by atoms with Crippen molar-refractivity contribution in [2.24, 2.45) is 5.92 Å². The molecule has 3 heteroatoms. The van der Waals surface area contributed by atoms with Crippen LogP contribution in [-0.4, -0.2) is 12.0 Å². The minimum Gasteiger partial charge on any atom is -0.461 e. The lowest BCUT2D eigenvalue weighted by atomic mass is 9.84. The fourth-order valence-corrected chi connectivity index (χ4v) is 3.61. The third kappa shape index (κ3) is 4.93. The Kier molecular flexibility index (Phi) is 6.24. The molecule has 1 aliphatic rings. The largest absolute Gasteiger partial charge is 0.461 e. The molecule has 0 aliphatic heterocycles. The average molecular weight is 337 g/mol. The van der Waals surface area contributed by atoms with Crippen molar-refractivity contribution in [3.63, 3.8) is 0 Å². The highest BCUT2D eigenvalue weighted by atomic mass is 16.5. The van der Waals surface area contributed by atoms with Gasteiger partial charge in [0.1, 0.15) is 6.61 Å². The number of esters is 1. The van der Waals surface area contributed by atoms with Gasteiger partial charge < -0.3 is 10.1 Å². The van der Waals surface area contributed by atoms with Crippen LogP contribution in [0.3, 0.4) is 0 Å². The van der Waals surface area contributed by atoms with Gasteiger partial charge in [0.05, 0.1) is 5.92 Å². The van der Waals surface area contributed by atoms with Crippen molar-refractivity contribution in [2.45, 2.75) is 51.3 Å². The van der Waals surface area contributed by atoms with E-state index >= 15 is 0 Å². The Balaban J connectivity index is 1.59. The lowest BCUT2D eigenvalue weighted by Crippen LogP contribution is -2.43. The molecule has 0 aromatic heterocycles. The number of rotatable bonds is 6. The summed E-state index contributed by atoms with van der Waals surface area (Å²) in [4.78, 5) is 12.6. The molecule has 0 unspecified atom stereocenters. The molecule has 132 valence electrons. The number of hydrogen-bond donors (Lipinski definition) is 1. The van der Waals surface area contributed by atoms with E-state index < -0.39 is 0 Å². The van der Waals surface area contributed by atoms with Crippen LogP contribution in [0.25, 0.3) is 0 Å². The molecule has 0 spiro atoms. The van der Waals surface area contributed by atoms with Crippen molar-refractivity contribution >= 4 is 5.97 Å². The predicted molar refractivity (Wildman–Crippen MR) is 100.0 cm³/mol. The first-order valence-corrected chi connectivity index (χ1v) is 9.25. The molecule has 0 saturated heterocycles. The number of carbonyl (C=O) groups is 1. The fourth-order valence-electron chi connectivity index (χ4n) is 3.61. The maximum Gasteiger partial charge on any atom is 0.310 e. The van der Waals surface area contributed by atoms with Crippen LogP contribution in [0.4, 0.5) is 0 Å². The first-order chi connectivity index (χ1) is 12.2. The first kappa shape index (κ1) is 17.7. The molecular weight excluding hydrogens is 310 g/mol. The molecule has 0 radical (unpaired) electrons. The molecule has 25 heavy (non-hydrogen) atoms.